The van der Waals surface area contributed by atoms with Crippen LogP contribution >= 0.6 is 0 Å². The molecule has 0 heterocycles. The molecule has 1 aliphatic carbocycles. The molecule has 2 atom stereocenters. The molecule has 0 N–H and O–H groups in total. The quantitative estimate of drug-likeness (QED) is 0.749. The second kappa shape index (κ2) is 4.75. The van der Waals surface area contributed by atoms with E-state index in [9.17, 15) is 18.0 Å². The number of halogens is 3. The SMILES string of the molecule is CC(C)(C)OC(=O)[C@]1(C)C[C@H]1c1ccc(C(F)(F)F)cc1. The van der Waals surface area contributed by atoms with Crippen LogP contribution in [0.3, 0.4) is 0 Å². The van der Waals surface area contributed by atoms with Crippen molar-refractivity contribution < 1.29 is 22.7 Å². The Hall–Kier alpha value is -1.52. The standard InChI is InChI=1S/C16H19F3O2/c1-14(2,3)21-13(20)15(4)9-12(15)10-5-7-11(8-6-10)16(17,18)19/h5-8,12H,9H2,1-4H3/t12-,15+/m0/s1. The van der Waals surface area contributed by atoms with Crippen molar-refractivity contribution in [1.29, 1.82) is 0 Å². The van der Waals surface area contributed by atoms with Crippen LogP contribution in [0.4, 0.5) is 13.2 Å². The zero-order valence-electron chi connectivity index (χ0n) is 12.5. The largest absolute Gasteiger partial charge is 0.460 e. The summed E-state index contributed by atoms with van der Waals surface area (Å²) in [6.45, 7) is 7.18. The van der Waals surface area contributed by atoms with Crippen molar-refractivity contribution in [3.63, 3.8) is 0 Å². The van der Waals surface area contributed by atoms with Crippen LogP contribution < -0.4 is 0 Å². The molecule has 0 bridgehead atoms. The van der Waals surface area contributed by atoms with Crippen molar-refractivity contribution in [2.24, 2.45) is 5.41 Å². The minimum absolute atomic E-state index is 0.0744. The van der Waals surface area contributed by atoms with Gasteiger partial charge in [-0.1, -0.05) is 12.1 Å². The molecular formula is C16H19F3O2. The monoisotopic (exact) mass is 300 g/mol. The Balaban J connectivity index is 2.10. The van der Waals surface area contributed by atoms with Gasteiger partial charge in [0.15, 0.2) is 0 Å². The van der Waals surface area contributed by atoms with Gasteiger partial charge in [-0.2, -0.15) is 13.2 Å². The van der Waals surface area contributed by atoms with Gasteiger partial charge in [-0.3, -0.25) is 4.79 Å². The average Bonchev–Trinajstić information content (AvgIpc) is 3.00. The van der Waals surface area contributed by atoms with Crippen molar-refractivity contribution in [1.82, 2.24) is 0 Å². The van der Waals surface area contributed by atoms with Gasteiger partial charge in [0.2, 0.25) is 0 Å². The van der Waals surface area contributed by atoms with Gasteiger partial charge in [0, 0.05) is 5.92 Å². The number of hydrogen-bond acceptors (Lipinski definition) is 2. The Bertz CT molecular complexity index is 540. The predicted molar refractivity (Wildman–Crippen MR) is 72.8 cm³/mol. The number of hydrogen-bond donors (Lipinski definition) is 0. The van der Waals surface area contributed by atoms with Gasteiger partial charge < -0.3 is 4.74 Å². The first kappa shape index (κ1) is 15.9. The Morgan fingerprint density at radius 1 is 1.19 bits per heavy atom. The number of esters is 1. The minimum Gasteiger partial charge on any atom is -0.460 e. The summed E-state index contributed by atoms with van der Waals surface area (Å²) in [5.74, 6) is -0.366. The second-order valence-corrected chi connectivity index (χ2v) is 6.80. The lowest BCUT2D eigenvalue weighted by Crippen LogP contribution is -2.29. The van der Waals surface area contributed by atoms with Crippen molar-refractivity contribution in [2.75, 3.05) is 0 Å². The highest BCUT2D eigenvalue weighted by Gasteiger charge is 2.58. The van der Waals surface area contributed by atoms with Gasteiger partial charge in [0.05, 0.1) is 11.0 Å². The van der Waals surface area contributed by atoms with Crippen molar-refractivity contribution in [3.8, 4) is 0 Å². The van der Waals surface area contributed by atoms with E-state index in [1.807, 2.05) is 0 Å². The van der Waals surface area contributed by atoms with Crippen LogP contribution in [0.1, 0.15) is 51.2 Å². The molecule has 0 spiro atoms. The summed E-state index contributed by atoms with van der Waals surface area (Å²) in [7, 11) is 0. The van der Waals surface area contributed by atoms with Crippen LogP contribution in [0.15, 0.2) is 24.3 Å². The molecule has 1 aromatic carbocycles. The van der Waals surface area contributed by atoms with Crippen molar-refractivity contribution in [3.05, 3.63) is 35.4 Å². The van der Waals surface area contributed by atoms with Gasteiger partial charge in [0.25, 0.3) is 0 Å². The fourth-order valence-corrected chi connectivity index (χ4v) is 2.38. The highest BCUT2D eigenvalue weighted by molar-refractivity contribution is 5.82. The summed E-state index contributed by atoms with van der Waals surface area (Å²) in [4.78, 5) is 12.2. The first-order chi connectivity index (χ1) is 9.43. The van der Waals surface area contributed by atoms with Crippen LogP contribution in [-0.4, -0.2) is 11.6 Å². The second-order valence-electron chi connectivity index (χ2n) is 6.80. The lowest BCUT2D eigenvalue weighted by molar-refractivity contribution is -0.161. The highest BCUT2D eigenvalue weighted by Crippen LogP contribution is 2.60. The van der Waals surface area contributed by atoms with E-state index >= 15 is 0 Å². The molecule has 1 fully saturated rings. The summed E-state index contributed by atoms with van der Waals surface area (Å²) in [5, 5.41) is 0. The first-order valence-corrected chi connectivity index (χ1v) is 6.84. The normalized spacial score (nSPS) is 25.6. The molecule has 0 aromatic heterocycles. The summed E-state index contributed by atoms with van der Waals surface area (Å²) < 4.78 is 43.0. The third-order valence-corrected chi connectivity index (χ3v) is 3.74. The molecule has 21 heavy (non-hydrogen) atoms. The fourth-order valence-electron chi connectivity index (χ4n) is 2.38. The van der Waals surface area contributed by atoms with E-state index in [0.717, 1.165) is 17.7 Å². The topological polar surface area (TPSA) is 26.3 Å². The van der Waals surface area contributed by atoms with E-state index in [2.05, 4.69) is 0 Å². The molecule has 5 heteroatoms. The summed E-state index contributed by atoms with van der Waals surface area (Å²) >= 11 is 0. The number of ether oxygens (including phenoxy) is 1. The zero-order valence-corrected chi connectivity index (χ0v) is 12.5. The van der Waals surface area contributed by atoms with Crippen LogP contribution in [0, 0.1) is 5.41 Å². The van der Waals surface area contributed by atoms with E-state index in [0.29, 0.717) is 6.42 Å². The highest BCUT2D eigenvalue weighted by atomic mass is 19.4. The van der Waals surface area contributed by atoms with Gasteiger partial charge >= 0.3 is 12.1 Å². The summed E-state index contributed by atoms with van der Waals surface area (Å²) in [6, 6.07) is 5.01. The lowest BCUT2D eigenvalue weighted by Gasteiger charge is -2.22. The number of carbonyl (C=O) groups is 1. The number of alkyl halides is 3. The number of rotatable bonds is 2. The molecule has 116 valence electrons. The van der Waals surface area contributed by atoms with Crippen LogP contribution in [0.2, 0.25) is 0 Å². The van der Waals surface area contributed by atoms with E-state index in [4.69, 9.17) is 4.74 Å². The zero-order chi connectivity index (χ0) is 16.1. The molecule has 1 saturated carbocycles. The predicted octanol–water partition coefficient (Wildman–Crippen LogP) is 4.54. The third kappa shape index (κ3) is 3.39. The molecule has 1 aliphatic rings. The van der Waals surface area contributed by atoms with Gasteiger partial charge in [-0.25, -0.2) is 0 Å². The van der Waals surface area contributed by atoms with Crippen LogP contribution in [-0.2, 0) is 15.7 Å². The van der Waals surface area contributed by atoms with Gasteiger partial charge in [-0.15, -0.1) is 0 Å². The van der Waals surface area contributed by atoms with E-state index < -0.39 is 22.8 Å². The van der Waals surface area contributed by atoms with Crippen molar-refractivity contribution in [2.45, 2.75) is 51.8 Å². The first-order valence-electron chi connectivity index (χ1n) is 6.84. The molecule has 0 aliphatic heterocycles. The maximum Gasteiger partial charge on any atom is 0.416 e. The molecule has 2 rings (SSSR count). The van der Waals surface area contributed by atoms with E-state index in [-0.39, 0.29) is 11.9 Å². The molecule has 0 amide bonds. The molecule has 0 unspecified atom stereocenters. The maximum absolute atomic E-state index is 12.5. The number of benzene rings is 1. The Labute approximate surface area is 122 Å². The fraction of sp³-hybridized carbons (Fsp3) is 0.562. The van der Waals surface area contributed by atoms with Crippen molar-refractivity contribution >= 4 is 5.97 Å². The average molecular weight is 300 g/mol. The van der Waals surface area contributed by atoms with Gasteiger partial charge in [-0.05, 0) is 51.8 Å². The lowest BCUT2D eigenvalue weighted by atomic mass is 9.99. The summed E-state index contributed by atoms with van der Waals surface area (Å²) in [6.07, 6.45) is -3.73. The third-order valence-electron chi connectivity index (χ3n) is 3.74. The van der Waals surface area contributed by atoms with Crippen LogP contribution in [0.25, 0.3) is 0 Å². The Morgan fingerprint density at radius 2 is 1.71 bits per heavy atom. The summed E-state index contributed by atoms with van der Waals surface area (Å²) in [5.41, 5.74) is -1.12. The molecular weight excluding hydrogens is 281 g/mol. The maximum atomic E-state index is 12.5. The number of carbonyl (C=O) groups excluding carboxylic acids is 1. The molecule has 1 aromatic rings. The Morgan fingerprint density at radius 3 is 2.14 bits per heavy atom. The molecule has 2 nitrogen and oxygen atoms in total. The smallest absolute Gasteiger partial charge is 0.416 e. The van der Waals surface area contributed by atoms with Gasteiger partial charge in [0.1, 0.15) is 5.60 Å². The Kier molecular flexibility index (Phi) is 3.59. The van der Waals surface area contributed by atoms with E-state index in [1.54, 1.807) is 27.7 Å². The van der Waals surface area contributed by atoms with E-state index in [1.165, 1.54) is 12.1 Å². The molecule has 0 saturated heterocycles. The molecule has 0 radical (unpaired) electrons. The minimum atomic E-state index is -4.34. The van der Waals surface area contributed by atoms with Crippen LogP contribution in [0.5, 0.6) is 0 Å².